The molecule has 0 aromatic heterocycles. The maximum Gasteiger partial charge on any atom is 0.0766 e. The van der Waals surface area contributed by atoms with Crippen molar-refractivity contribution in [2.75, 3.05) is 23.4 Å². The summed E-state index contributed by atoms with van der Waals surface area (Å²) in [4.78, 5) is 0. The molecule has 1 aliphatic rings. The van der Waals surface area contributed by atoms with Crippen molar-refractivity contribution in [1.82, 2.24) is 0 Å². The van der Waals surface area contributed by atoms with Crippen LogP contribution in [0.1, 0.15) is 25.8 Å². The van der Waals surface area contributed by atoms with Crippen LogP contribution in [0.15, 0.2) is 24.3 Å². The normalized spacial score (nSPS) is 19.5. The standard InChI is InChI=1S/C15H20N2S/c1-15(2,11-16)13-3-5-14(6-4-13)17-9-12-7-8-18-10-12/h3-6,12,17H,7-10H2,1-2H3. The van der Waals surface area contributed by atoms with Gasteiger partial charge in [0.15, 0.2) is 0 Å². The van der Waals surface area contributed by atoms with Gasteiger partial charge in [0.05, 0.1) is 11.5 Å². The average Bonchev–Trinajstić information content (AvgIpc) is 2.90. The van der Waals surface area contributed by atoms with Crippen molar-refractivity contribution in [2.24, 2.45) is 5.92 Å². The minimum atomic E-state index is -0.402. The number of nitrogens with zero attached hydrogens (tertiary/aromatic N) is 1. The van der Waals surface area contributed by atoms with E-state index in [1.807, 2.05) is 13.8 Å². The van der Waals surface area contributed by atoms with E-state index in [0.717, 1.165) is 23.7 Å². The van der Waals surface area contributed by atoms with Crippen LogP contribution in [0.4, 0.5) is 5.69 Å². The zero-order valence-electron chi connectivity index (χ0n) is 11.1. The van der Waals surface area contributed by atoms with E-state index in [9.17, 15) is 0 Å². The highest BCUT2D eigenvalue weighted by Gasteiger charge is 2.19. The van der Waals surface area contributed by atoms with Crippen LogP contribution in [0.25, 0.3) is 0 Å². The molecule has 96 valence electrons. The predicted octanol–water partition coefficient (Wildman–Crippen LogP) is 3.65. The van der Waals surface area contributed by atoms with E-state index in [1.165, 1.54) is 17.9 Å². The van der Waals surface area contributed by atoms with E-state index >= 15 is 0 Å². The first-order chi connectivity index (χ1) is 8.62. The quantitative estimate of drug-likeness (QED) is 0.897. The lowest BCUT2D eigenvalue weighted by Gasteiger charge is -2.17. The van der Waals surface area contributed by atoms with E-state index in [1.54, 1.807) is 0 Å². The van der Waals surface area contributed by atoms with Gasteiger partial charge in [0.2, 0.25) is 0 Å². The molecule has 1 aliphatic heterocycles. The molecule has 1 heterocycles. The summed E-state index contributed by atoms with van der Waals surface area (Å²) in [5.74, 6) is 3.40. The Kier molecular flexibility index (Phi) is 4.19. The lowest BCUT2D eigenvalue weighted by Crippen LogP contribution is -2.15. The molecule has 2 nitrogen and oxygen atoms in total. The third-order valence-corrected chi connectivity index (χ3v) is 4.74. The molecule has 1 unspecified atom stereocenters. The highest BCUT2D eigenvalue weighted by Crippen LogP contribution is 2.25. The van der Waals surface area contributed by atoms with Gasteiger partial charge in [-0.05, 0) is 55.4 Å². The molecule has 1 fully saturated rings. The Labute approximate surface area is 114 Å². The molecule has 0 spiro atoms. The Morgan fingerprint density at radius 3 is 2.67 bits per heavy atom. The van der Waals surface area contributed by atoms with Gasteiger partial charge >= 0.3 is 0 Å². The summed E-state index contributed by atoms with van der Waals surface area (Å²) in [7, 11) is 0. The molecule has 18 heavy (non-hydrogen) atoms. The summed E-state index contributed by atoms with van der Waals surface area (Å²) < 4.78 is 0. The second-order valence-corrected chi connectivity index (χ2v) is 6.57. The van der Waals surface area contributed by atoms with Gasteiger partial charge in [0, 0.05) is 12.2 Å². The number of nitriles is 1. The van der Waals surface area contributed by atoms with Crippen molar-refractivity contribution < 1.29 is 0 Å². The number of nitrogens with one attached hydrogen (secondary N) is 1. The van der Waals surface area contributed by atoms with Gasteiger partial charge in [-0.1, -0.05) is 12.1 Å². The van der Waals surface area contributed by atoms with E-state index in [0.29, 0.717) is 0 Å². The zero-order chi connectivity index (χ0) is 13.0. The molecule has 3 heteroatoms. The molecule has 0 aliphatic carbocycles. The number of thioether (sulfide) groups is 1. The first kappa shape index (κ1) is 13.3. The van der Waals surface area contributed by atoms with Crippen molar-refractivity contribution in [3.63, 3.8) is 0 Å². The topological polar surface area (TPSA) is 35.8 Å². The average molecular weight is 260 g/mol. The lowest BCUT2D eigenvalue weighted by molar-refractivity contribution is 0.631. The van der Waals surface area contributed by atoms with Gasteiger partial charge in [-0.25, -0.2) is 0 Å². The first-order valence-corrected chi connectivity index (χ1v) is 7.61. The summed E-state index contributed by atoms with van der Waals surface area (Å²) in [5.41, 5.74) is 1.83. The molecule has 1 aromatic carbocycles. The second kappa shape index (κ2) is 5.67. The van der Waals surface area contributed by atoms with Crippen LogP contribution in [-0.4, -0.2) is 18.1 Å². The summed E-state index contributed by atoms with van der Waals surface area (Å²) in [5, 5.41) is 12.6. The third-order valence-electron chi connectivity index (χ3n) is 3.50. The molecule has 1 saturated heterocycles. The molecule has 0 bridgehead atoms. The highest BCUT2D eigenvalue weighted by molar-refractivity contribution is 7.99. The molecule has 0 radical (unpaired) electrons. The van der Waals surface area contributed by atoms with E-state index in [2.05, 4.69) is 47.4 Å². The monoisotopic (exact) mass is 260 g/mol. The fraction of sp³-hybridized carbons (Fsp3) is 0.533. The smallest absolute Gasteiger partial charge is 0.0766 e. The molecular formula is C15H20N2S. The van der Waals surface area contributed by atoms with Crippen molar-refractivity contribution in [1.29, 1.82) is 5.26 Å². The molecule has 1 aromatic rings. The number of hydrogen-bond acceptors (Lipinski definition) is 3. The maximum atomic E-state index is 9.10. The number of rotatable bonds is 4. The number of anilines is 1. The molecular weight excluding hydrogens is 240 g/mol. The SMILES string of the molecule is CC(C)(C#N)c1ccc(NCC2CCSC2)cc1. The van der Waals surface area contributed by atoms with E-state index in [4.69, 9.17) is 5.26 Å². The van der Waals surface area contributed by atoms with Crippen LogP contribution in [0.2, 0.25) is 0 Å². The maximum absolute atomic E-state index is 9.10. The fourth-order valence-corrected chi connectivity index (χ4v) is 3.36. The number of benzene rings is 1. The Morgan fingerprint density at radius 1 is 1.39 bits per heavy atom. The highest BCUT2D eigenvalue weighted by atomic mass is 32.2. The van der Waals surface area contributed by atoms with E-state index < -0.39 is 5.41 Å². The second-order valence-electron chi connectivity index (χ2n) is 5.42. The Bertz CT molecular complexity index is 425. The molecule has 2 rings (SSSR count). The van der Waals surface area contributed by atoms with Gasteiger partial charge in [-0.3, -0.25) is 0 Å². The fourth-order valence-electron chi connectivity index (χ4n) is 2.08. The predicted molar refractivity (Wildman–Crippen MR) is 79.0 cm³/mol. The van der Waals surface area contributed by atoms with Crippen molar-refractivity contribution in [3.05, 3.63) is 29.8 Å². The van der Waals surface area contributed by atoms with Crippen LogP contribution in [0.3, 0.4) is 0 Å². The summed E-state index contributed by atoms with van der Waals surface area (Å²) in [6.07, 6.45) is 1.33. The molecule has 0 saturated carbocycles. The minimum Gasteiger partial charge on any atom is -0.385 e. The Hall–Kier alpha value is -1.14. The summed E-state index contributed by atoms with van der Waals surface area (Å²) in [6.45, 7) is 4.96. The van der Waals surface area contributed by atoms with Crippen LogP contribution >= 0.6 is 11.8 Å². The Morgan fingerprint density at radius 2 is 2.11 bits per heavy atom. The van der Waals surface area contributed by atoms with Crippen LogP contribution < -0.4 is 5.32 Å². The van der Waals surface area contributed by atoms with Crippen molar-refractivity contribution in [3.8, 4) is 6.07 Å². The van der Waals surface area contributed by atoms with Gasteiger partial charge in [-0.2, -0.15) is 17.0 Å². The number of hydrogen-bond donors (Lipinski definition) is 1. The van der Waals surface area contributed by atoms with Gasteiger partial charge in [-0.15, -0.1) is 0 Å². The zero-order valence-corrected chi connectivity index (χ0v) is 11.9. The van der Waals surface area contributed by atoms with Gasteiger partial charge in [0.25, 0.3) is 0 Å². The van der Waals surface area contributed by atoms with Crippen LogP contribution in [0, 0.1) is 17.2 Å². The minimum absolute atomic E-state index is 0.402. The Balaban J connectivity index is 1.93. The first-order valence-electron chi connectivity index (χ1n) is 6.45. The van der Waals surface area contributed by atoms with Gasteiger partial charge in [0.1, 0.15) is 0 Å². The van der Waals surface area contributed by atoms with Crippen molar-refractivity contribution in [2.45, 2.75) is 25.7 Å². The van der Waals surface area contributed by atoms with E-state index in [-0.39, 0.29) is 0 Å². The largest absolute Gasteiger partial charge is 0.385 e. The van der Waals surface area contributed by atoms with Crippen LogP contribution in [-0.2, 0) is 5.41 Å². The summed E-state index contributed by atoms with van der Waals surface area (Å²) >= 11 is 2.05. The van der Waals surface area contributed by atoms with Crippen LogP contribution in [0.5, 0.6) is 0 Å². The third kappa shape index (κ3) is 3.20. The molecule has 0 amide bonds. The molecule has 1 atom stereocenters. The van der Waals surface area contributed by atoms with Crippen molar-refractivity contribution >= 4 is 17.4 Å². The molecule has 1 N–H and O–H groups in total. The summed E-state index contributed by atoms with van der Waals surface area (Å²) in [6, 6.07) is 10.6. The lowest BCUT2D eigenvalue weighted by atomic mass is 9.86. The van der Waals surface area contributed by atoms with Gasteiger partial charge < -0.3 is 5.32 Å².